The Morgan fingerprint density at radius 1 is 0.769 bits per heavy atom. The van der Waals surface area contributed by atoms with E-state index < -0.39 is 11.9 Å². The number of benzene rings is 2. The fourth-order valence-corrected chi connectivity index (χ4v) is 2.50. The van der Waals surface area contributed by atoms with Crippen molar-refractivity contribution in [1.82, 2.24) is 5.32 Å². The Kier molecular flexibility index (Phi) is 5.15. The zero-order chi connectivity index (χ0) is 18.5. The summed E-state index contributed by atoms with van der Waals surface area (Å²) >= 11 is 0. The van der Waals surface area contributed by atoms with Crippen LogP contribution in [-0.2, 0) is 13.1 Å². The number of nitrogens with one attached hydrogen (secondary N) is 1. The van der Waals surface area contributed by atoms with Gasteiger partial charge in [0.2, 0.25) is 0 Å². The fourth-order valence-electron chi connectivity index (χ4n) is 2.50. The van der Waals surface area contributed by atoms with E-state index in [1.54, 1.807) is 48.5 Å². The number of aromatic carboxylic acids is 2. The Morgan fingerprint density at radius 3 is 1.92 bits per heavy atom. The summed E-state index contributed by atoms with van der Waals surface area (Å²) in [6.07, 6.45) is 0. The number of hydrogen-bond donors (Lipinski definition) is 3. The molecule has 1 aromatic heterocycles. The second-order valence-electron chi connectivity index (χ2n) is 5.75. The van der Waals surface area contributed by atoms with Crippen molar-refractivity contribution in [2.45, 2.75) is 13.1 Å². The van der Waals surface area contributed by atoms with E-state index >= 15 is 0 Å². The summed E-state index contributed by atoms with van der Waals surface area (Å²) < 4.78 is 5.77. The first-order chi connectivity index (χ1) is 12.5. The molecule has 0 bridgehead atoms. The maximum atomic E-state index is 10.9. The van der Waals surface area contributed by atoms with E-state index in [2.05, 4.69) is 5.32 Å². The summed E-state index contributed by atoms with van der Waals surface area (Å²) in [4.78, 5) is 21.7. The van der Waals surface area contributed by atoms with Crippen molar-refractivity contribution < 1.29 is 24.2 Å². The number of carboxylic acid groups (broad SMARTS) is 2. The standard InChI is InChI=1S/C20H17NO5/c22-19(23)15-3-1-13(2-4-15)11-21-12-17-9-10-18(26-17)14-5-7-16(8-6-14)20(24)25/h1-10,21H,11-12H2,(H,22,23)(H,24,25). The third-order valence-electron chi connectivity index (χ3n) is 3.91. The molecule has 0 aliphatic carbocycles. The highest BCUT2D eigenvalue weighted by atomic mass is 16.4. The van der Waals surface area contributed by atoms with Gasteiger partial charge in [-0.05, 0) is 42.0 Å². The molecule has 6 nitrogen and oxygen atoms in total. The number of rotatable bonds is 7. The number of carbonyl (C=O) groups is 2. The predicted molar refractivity (Wildman–Crippen MR) is 95.0 cm³/mol. The Balaban J connectivity index is 1.56. The van der Waals surface area contributed by atoms with Crippen molar-refractivity contribution >= 4 is 11.9 Å². The van der Waals surface area contributed by atoms with Crippen LogP contribution in [0.4, 0.5) is 0 Å². The van der Waals surface area contributed by atoms with Crippen molar-refractivity contribution in [3.8, 4) is 11.3 Å². The van der Waals surface area contributed by atoms with Crippen LogP contribution in [0.15, 0.2) is 65.1 Å². The van der Waals surface area contributed by atoms with E-state index in [-0.39, 0.29) is 11.1 Å². The lowest BCUT2D eigenvalue weighted by molar-refractivity contribution is 0.0686. The van der Waals surface area contributed by atoms with Crippen molar-refractivity contribution in [2.75, 3.05) is 0 Å². The van der Waals surface area contributed by atoms with Crippen LogP contribution in [0.25, 0.3) is 11.3 Å². The van der Waals surface area contributed by atoms with Gasteiger partial charge in [0.05, 0.1) is 17.7 Å². The maximum Gasteiger partial charge on any atom is 0.335 e. The Bertz CT molecular complexity index is 910. The quantitative estimate of drug-likeness (QED) is 0.601. The summed E-state index contributed by atoms with van der Waals surface area (Å²) in [5, 5.41) is 21.0. The van der Waals surface area contributed by atoms with E-state index in [1.807, 2.05) is 12.1 Å². The molecule has 3 N–H and O–H groups in total. The molecular weight excluding hydrogens is 334 g/mol. The zero-order valence-electron chi connectivity index (χ0n) is 13.8. The molecule has 3 aromatic rings. The van der Waals surface area contributed by atoms with E-state index in [9.17, 15) is 9.59 Å². The smallest absolute Gasteiger partial charge is 0.335 e. The van der Waals surface area contributed by atoms with E-state index in [4.69, 9.17) is 14.6 Å². The van der Waals surface area contributed by atoms with Crippen LogP contribution in [0, 0.1) is 0 Å². The second-order valence-corrected chi connectivity index (χ2v) is 5.75. The van der Waals surface area contributed by atoms with Gasteiger partial charge < -0.3 is 19.9 Å². The number of furan rings is 1. The molecular formula is C20H17NO5. The molecule has 0 unspecified atom stereocenters. The van der Waals surface area contributed by atoms with Crippen molar-refractivity contribution in [3.05, 3.63) is 83.1 Å². The van der Waals surface area contributed by atoms with Gasteiger partial charge in [-0.3, -0.25) is 0 Å². The number of carboxylic acids is 2. The van der Waals surface area contributed by atoms with Gasteiger partial charge >= 0.3 is 11.9 Å². The van der Waals surface area contributed by atoms with Crippen LogP contribution in [0.1, 0.15) is 32.0 Å². The summed E-state index contributed by atoms with van der Waals surface area (Å²) in [5.41, 5.74) is 2.28. The van der Waals surface area contributed by atoms with Gasteiger partial charge in [0.25, 0.3) is 0 Å². The van der Waals surface area contributed by atoms with Gasteiger partial charge in [0.15, 0.2) is 0 Å². The lowest BCUT2D eigenvalue weighted by Gasteiger charge is -2.04. The molecule has 0 atom stereocenters. The van der Waals surface area contributed by atoms with Crippen molar-refractivity contribution in [1.29, 1.82) is 0 Å². The highest BCUT2D eigenvalue weighted by Crippen LogP contribution is 2.22. The molecule has 0 aliphatic heterocycles. The van der Waals surface area contributed by atoms with Crippen LogP contribution in [0.5, 0.6) is 0 Å². The molecule has 6 heteroatoms. The first kappa shape index (κ1) is 17.4. The highest BCUT2D eigenvalue weighted by molar-refractivity contribution is 5.88. The minimum Gasteiger partial charge on any atom is -0.478 e. The van der Waals surface area contributed by atoms with E-state index in [0.717, 1.165) is 16.9 Å². The second kappa shape index (κ2) is 7.67. The molecule has 26 heavy (non-hydrogen) atoms. The average molecular weight is 351 g/mol. The van der Waals surface area contributed by atoms with Crippen LogP contribution < -0.4 is 5.32 Å². The molecule has 3 rings (SSSR count). The normalized spacial score (nSPS) is 10.6. The molecule has 0 saturated carbocycles. The van der Waals surface area contributed by atoms with Crippen molar-refractivity contribution in [3.63, 3.8) is 0 Å². The van der Waals surface area contributed by atoms with Gasteiger partial charge in [-0.25, -0.2) is 9.59 Å². The van der Waals surface area contributed by atoms with Crippen LogP contribution >= 0.6 is 0 Å². The minimum atomic E-state index is -0.961. The molecule has 0 spiro atoms. The predicted octanol–water partition coefficient (Wildman–Crippen LogP) is 3.63. The Hall–Kier alpha value is -3.38. The SMILES string of the molecule is O=C(O)c1ccc(CNCc2ccc(-c3ccc(C(=O)O)cc3)o2)cc1. The van der Waals surface area contributed by atoms with E-state index in [1.165, 1.54) is 0 Å². The summed E-state index contributed by atoms with van der Waals surface area (Å²) in [7, 11) is 0. The molecule has 0 amide bonds. The minimum absolute atomic E-state index is 0.233. The van der Waals surface area contributed by atoms with Crippen molar-refractivity contribution in [2.24, 2.45) is 0 Å². The molecule has 1 heterocycles. The monoisotopic (exact) mass is 351 g/mol. The maximum absolute atomic E-state index is 10.9. The van der Waals surface area contributed by atoms with Gasteiger partial charge in [-0.2, -0.15) is 0 Å². The Labute approximate surface area is 149 Å². The highest BCUT2D eigenvalue weighted by Gasteiger charge is 2.07. The molecule has 0 radical (unpaired) electrons. The fraction of sp³-hybridized carbons (Fsp3) is 0.100. The Morgan fingerprint density at radius 2 is 1.35 bits per heavy atom. The van der Waals surface area contributed by atoms with Crippen LogP contribution in [0.2, 0.25) is 0 Å². The largest absolute Gasteiger partial charge is 0.478 e. The van der Waals surface area contributed by atoms with Crippen LogP contribution in [0.3, 0.4) is 0 Å². The van der Waals surface area contributed by atoms with Gasteiger partial charge in [-0.1, -0.05) is 24.3 Å². The van der Waals surface area contributed by atoms with Gasteiger partial charge in [-0.15, -0.1) is 0 Å². The zero-order valence-corrected chi connectivity index (χ0v) is 13.8. The average Bonchev–Trinajstić information content (AvgIpc) is 3.11. The molecule has 0 aliphatic rings. The molecule has 0 saturated heterocycles. The summed E-state index contributed by atoms with van der Waals surface area (Å²) in [6, 6.07) is 16.9. The number of hydrogen-bond acceptors (Lipinski definition) is 4. The first-order valence-electron chi connectivity index (χ1n) is 7.98. The summed E-state index contributed by atoms with van der Waals surface area (Å²) in [6.45, 7) is 1.11. The lowest BCUT2D eigenvalue weighted by Crippen LogP contribution is -2.12. The topological polar surface area (TPSA) is 99.8 Å². The van der Waals surface area contributed by atoms with Gasteiger partial charge in [0.1, 0.15) is 11.5 Å². The third-order valence-corrected chi connectivity index (χ3v) is 3.91. The summed E-state index contributed by atoms with van der Waals surface area (Å²) in [5.74, 6) is -0.477. The molecule has 0 fully saturated rings. The molecule has 2 aromatic carbocycles. The van der Waals surface area contributed by atoms with E-state index in [0.29, 0.717) is 18.8 Å². The van der Waals surface area contributed by atoms with Gasteiger partial charge in [0, 0.05) is 12.1 Å². The molecule has 132 valence electrons. The first-order valence-corrected chi connectivity index (χ1v) is 7.98. The third kappa shape index (κ3) is 4.17. The lowest BCUT2D eigenvalue weighted by atomic mass is 10.1. The van der Waals surface area contributed by atoms with Crippen LogP contribution in [-0.4, -0.2) is 22.2 Å².